The molecule has 8 heteroatoms. The Morgan fingerprint density at radius 2 is 1.96 bits per heavy atom. The first-order valence-corrected chi connectivity index (χ1v) is 7.92. The molecule has 130 valence electrons. The largest absolute Gasteiger partial charge is 0.336 e. The van der Waals surface area contributed by atoms with Crippen molar-refractivity contribution in [1.82, 2.24) is 15.1 Å². The molecule has 0 saturated carbocycles. The molecule has 3 rings (SSSR count). The Kier molecular flexibility index (Phi) is 4.75. The van der Waals surface area contributed by atoms with Crippen molar-refractivity contribution in [2.45, 2.75) is 18.9 Å². The van der Waals surface area contributed by atoms with Crippen LogP contribution in [0.2, 0.25) is 0 Å². The lowest BCUT2D eigenvalue weighted by Crippen LogP contribution is -2.57. The van der Waals surface area contributed by atoms with Gasteiger partial charge in [0.1, 0.15) is 0 Å². The maximum absolute atomic E-state index is 13.8. The van der Waals surface area contributed by atoms with Crippen LogP contribution in [0.3, 0.4) is 0 Å². The molecule has 0 radical (unpaired) electrons. The van der Waals surface area contributed by atoms with Crippen LogP contribution in [-0.4, -0.2) is 60.4 Å². The number of rotatable bonds is 2. The van der Waals surface area contributed by atoms with Gasteiger partial charge in [-0.15, -0.1) is 0 Å². The molecule has 2 aliphatic rings. The van der Waals surface area contributed by atoms with Crippen LogP contribution in [-0.2, 0) is 4.79 Å². The predicted octanol–water partition coefficient (Wildman–Crippen LogP) is 1.14. The Bertz CT molecular complexity index is 668. The second kappa shape index (κ2) is 6.80. The molecule has 2 fully saturated rings. The Balaban J connectivity index is 1.76. The molecule has 0 bridgehead atoms. The van der Waals surface area contributed by atoms with Gasteiger partial charge in [-0.05, 0) is 25.0 Å². The third kappa shape index (κ3) is 3.10. The lowest BCUT2D eigenvalue weighted by Gasteiger charge is -2.41. The second-order valence-corrected chi connectivity index (χ2v) is 6.03. The molecule has 0 aromatic heterocycles. The number of carbonyl (C=O) groups excluding carboxylic acids is 2. The summed E-state index contributed by atoms with van der Waals surface area (Å²) in [6.07, 6.45) is 1.43. The highest BCUT2D eigenvalue weighted by Gasteiger charge is 2.33. The first kappa shape index (κ1) is 16.8. The van der Waals surface area contributed by atoms with Crippen LogP contribution in [0.5, 0.6) is 0 Å². The number of nitrogens with zero attached hydrogens (tertiary/aromatic N) is 2. The zero-order chi connectivity index (χ0) is 17.3. The summed E-state index contributed by atoms with van der Waals surface area (Å²) < 4.78 is 40.2. The molecule has 24 heavy (non-hydrogen) atoms. The second-order valence-electron chi connectivity index (χ2n) is 6.03. The average Bonchev–Trinajstić information content (AvgIpc) is 2.60. The molecule has 2 aliphatic heterocycles. The average molecular weight is 341 g/mol. The van der Waals surface area contributed by atoms with Gasteiger partial charge in [-0.25, -0.2) is 13.2 Å². The summed E-state index contributed by atoms with van der Waals surface area (Å²) in [6, 6.07) is 1.56. The Hall–Kier alpha value is -2.09. The number of hydrogen-bond acceptors (Lipinski definition) is 3. The van der Waals surface area contributed by atoms with E-state index in [2.05, 4.69) is 5.32 Å². The van der Waals surface area contributed by atoms with Crippen molar-refractivity contribution in [2.24, 2.45) is 0 Å². The number of hydrogen-bond donors (Lipinski definition) is 1. The standard InChI is InChI=1S/C16H18F3N3O2/c17-12-4-3-11(14(18)15(12)19)16(24)21-6-1-2-10(9-21)22-7-5-20-8-13(22)23/h3-4,10,20H,1-2,5-9H2. The molecule has 1 atom stereocenters. The number of piperidine rings is 1. The number of piperazine rings is 1. The van der Waals surface area contributed by atoms with Crippen LogP contribution in [0.1, 0.15) is 23.2 Å². The van der Waals surface area contributed by atoms with Gasteiger partial charge in [0, 0.05) is 32.2 Å². The van der Waals surface area contributed by atoms with Gasteiger partial charge >= 0.3 is 0 Å². The summed E-state index contributed by atoms with van der Waals surface area (Å²) in [7, 11) is 0. The predicted molar refractivity (Wildman–Crippen MR) is 79.8 cm³/mol. The first-order chi connectivity index (χ1) is 11.5. The molecule has 2 saturated heterocycles. The minimum atomic E-state index is -1.65. The normalized spacial score (nSPS) is 22.0. The van der Waals surface area contributed by atoms with Crippen molar-refractivity contribution < 1.29 is 22.8 Å². The molecular weight excluding hydrogens is 323 g/mol. The van der Waals surface area contributed by atoms with Crippen LogP contribution in [0.4, 0.5) is 13.2 Å². The Morgan fingerprint density at radius 3 is 2.71 bits per heavy atom. The van der Waals surface area contributed by atoms with Crippen molar-refractivity contribution in [2.75, 3.05) is 32.7 Å². The summed E-state index contributed by atoms with van der Waals surface area (Å²) in [5, 5.41) is 2.98. The van der Waals surface area contributed by atoms with E-state index in [1.165, 1.54) is 4.90 Å². The lowest BCUT2D eigenvalue weighted by atomic mass is 10.0. The van der Waals surface area contributed by atoms with E-state index in [1.54, 1.807) is 4.90 Å². The zero-order valence-corrected chi connectivity index (χ0v) is 13.0. The van der Waals surface area contributed by atoms with Crippen LogP contribution in [0.25, 0.3) is 0 Å². The van der Waals surface area contributed by atoms with E-state index in [0.717, 1.165) is 18.6 Å². The van der Waals surface area contributed by atoms with Gasteiger partial charge in [0.25, 0.3) is 5.91 Å². The summed E-state index contributed by atoms with van der Waals surface area (Å²) in [4.78, 5) is 27.6. The highest BCUT2D eigenvalue weighted by molar-refractivity contribution is 5.94. The van der Waals surface area contributed by atoms with E-state index in [1.807, 2.05) is 0 Å². The number of likely N-dealkylation sites (tertiary alicyclic amines) is 1. The molecule has 2 amide bonds. The van der Waals surface area contributed by atoms with Crippen LogP contribution >= 0.6 is 0 Å². The first-order valence-electron chi connectivity index (χ1n) is 7.92. The van der Waals surface area contributed by atoms with Crippen LogP contribution in [0.15, 0.2) is 12.1 Å². The van der Waals surface area contributed by atoms with Crippen molar-refractivity contribution in [3.63, 3.8) is 0 Å². The van der Waals surface area contributed by atoms with Crippen LogP contribution in [0, 0.1) is 17.5 Å². The number of carbonyl (C=O) groups is 2. The van der Waals surface area contributed by atoms with Gasteiger partial charge in [0.2, 0.25) is 5.91 Å². The van der Waals surface area contributed by atoms with E-state index in [9.17, 15) is 22.8 Å². The van der Waals surface area contributed by atoms with Gasteiger partial charge in [-0.2, -0.15) is 0 Å². The fraction of sp³-hybridized carbons (Fsp3) is 0.500. The molecule has 1 aromatic carbocycles. The van der Waals surface area contributed by atoms with Gasteiger partial charge < -0.3 is 15.1 Å². The maximum atomic E-state index is 13.8. The minimum absolute atomic E-state index is 0.0282. The summed E-state index contributed by atoms with van der Waals surface area (Å²) in [6.45, 7) is 2.18. The monoisotopic (exact) mass is 341 g/mol. The van der Waals surface area contributed by atoms with E-state index in [4.69, 9.17) is 0 Å². The van der Waals surface area contributed by atoms with Crippen LogP contribution < -0.4 is 5.32 Å². The number of benzene rings is 1. The third-order valence-electron chi connectivity index (χ3n) is 4.52. The highest BCUT2D eigenvalue weighted by Crippen LogP contribution is 2.22. The van der Waals surface area contributed by atoms with E-state index >= 15 is 0 Å². The summed E-state index contributed by atoms with van der Waals surface area (Å²) >= 11 is 0. The quantitative estimate of drug-likeness (QED) is 0.821. The van der Waals surface area contributed by atoms with Crippen molar-refractivity contribution in [3.8, 4) is 0 Å². The lowest BCUT2D eigenvalue weighted by molar-refractivity contribution is -0.135. The van der Waals surface area contributed by atoms with Crippen molar-refractivity contribution >= 4 is 11.8 Å². The van der Waals surface area contributed by atoms with E-state index in [-0.39, 0.29) is 25.0 Å². The molecular formula is C16H18F3N3O2. The minimum Gasteiger partial charge on any atom is -0.336 e. The number of amides is 2. The summed E-state index contributed by atoms with van der Waals surface area (Å²) in [5.74, 6) is -5.16. The molecule has 1 N–H and O–H groups in total. The van der Waals surface area contributed by atoms with Crippen molar-refractivity contribution in [1.29, 1.82) is 0 Å². The zero-order valence-electron chi connectivity index (χ0n) is 13.0. The maximum Gasteiger partial charge on any atom is 0.257 e. The SMILES string of the molecule is O=C(c1ccc(F)c(F)c1F)N1CCCC(N2CCNCC2=O)C1. The molecule has 1 unspecified atom stereocenters. The molecule has 1 aromatic rings. The Labute approximate surface area is 137 Å². The molecule has 2 heterocycles. The van der Waals surface area contributed by atoms with Gasteiger partial charge in [0.05, 0.1) is 12.1 Å². The molecule has 0 aliphatic carbocycles. The van der Waals surface area contributed by atoms with Gasteiger partial charge in [-0.1, -0.05) is 0 Å². The Morgan fingerprint density at radius 1 is 1.17 bits per heavy atom. The third-order valence-corrected chi connectivity index (χ3v) is 4.52. The van der Waals surface area contributed by atoms with E-state index < -0.39 is 28.9 Å². The van der Waals surface area contributed by atoms with Crippen molar-refractivity contribution in [3.05, 3.63) is 35.1 Å². The van der Waals surface area contributed by atoms with E-state index in [0.29, 0.717) is 26.1 Å². The number of halogens is 3. The van der Waals surface area contributed by atoms with Gasteiger partial charge in [-0.3, -0.25) is 9.59 Å². The molecule has 5 nitrogen and oxygen atoms in total. The smallest absolute Gasteiger partial charge is 0.257 e. The summed E-state index contributed by atoms with van der Waals surface area (Å²) in [5.41, 5.74) is -0.485. The highest BCUT2D eigenvalue weighted by atomic mass is 19.2. The molecule has 0 spiro atoms. The topological polar surface area (TPSA) is 52.7 Å². The fourth-order valence-electron chi connectivity index (χ4n) is 3.26. The fourth-order valence-corrected chi connectivity index (χ4v) is 3.26. The van der Waals surface area contributed by atoms with Gasteiger partial charge in [0.15, 0.2) is 17.5 Å². The number of nitrogens with one attached hydrogen (secondary N) is 1.